The van der Waals surface area contributed by atoms with Crippen LogP contribution in [0.2, 0.25) is 5.02 Å². The number of benzene rings is 2. The zero-order valence-corrected chi connectivity index (χ0v) is 17.7. The highest BCUT2D eigenvalue weighted by Gasteiger charge is 2.13. The number of thioether (sulfide) groups is 1. The lowest BCUT2D eigenvalue weighted by molar-refractivity contribution is -0.868. The Morgan fingerprint density at radius 3 is 2.50 bits per heavy atom. The molecule has 1 unspecified atom stereocenters. The topological polar surface area (TPSA) is 46.0 Å². The van der Waals surface area contributed by atoms with Crippen LogP contribution in [0.3, 0.4) is 0 Å². The van der Waals surface area contributed by atoms with Gasteiger partial charge in [-0.1, -0.05) is 11.6 Å². The van der Waals surface area contributed by atoms with Crippen molar-refractivity contribution in [2.45, 2.75) is 4.90 Å². The Labute approximate surface area is 176 Å². The zero-order valence-electron chi connectivity index (χ0n) is 16.1. The van der Waals surface area contributed by atoms with Gasteiger partial charge in [0.25, 0.3) is 5.91 Å². The summed E-state index contributed by atoms with van der Waals surface area (Å²) < 4.78 is 5.38. The summed E-state index contributed by atoms with van der Waals surface area (Å²) in [6, 6.07) is 15.9. The molecule has 1 saturated heterocycles. The normalized spacial score (nSPS) is 15.3. The fourth-order valence-corrected chi connectivity index (χ4v) is 4.16. The number of ether oxygens (including phenoxy) is 1. The van der Waals surface area contributed by atoms with Gasteiger partial charge in [-0.05, 0) is 48.5 Å². The Balaban J connectivity index is 1.38. The number of halogens is 1. The van der Waals surface area contributed by atoms with E-state index >= 15 is 0 Å². The van der Waals surface area contributed by atoms with Crippen LogP contribution in [0.15, 0.2) is 53.4 Å². The SMILES string of the molecule is C[NH+](CCSc1ccc(Cl)cc1)CC(=O)Nc1ccc(N2CCOCC2)cc1. The molecule has 0 aromatic heterocycles. The highest BCUT2D eigenvalue weighted by molar-refractivity contribution is 7.99. The van der Waals surface area contributed by atoms with Gasteiger partial charge in [-0.2, -0.15) is 0 Å². The number of likely N-dealkylation sites (N-methyl/N-ethyl adjacent to an activating group) is 1. The molecule has 0 aliphatic carbocycles. The highest BCUT2D eigenvalue weighted by Crippen LogP contribution is 2.20. The summed E-state index contributed by atoms with van der Waals surface area (Å²) >= 11 is 7.68. The lowest BCUT2D eigenvalue weighted by Crippen LogP contribution is -3.10. The third-order valence-electron chi connectivity index (χ3n) is 4.60. The van der Waals surface area contributed by atoms with Crippen molar-refractivity contribution in [1.82, 2.24) is 0 Å². The van der Waals surface area contributed by atoms with Crippen molar-refractivity contribution < 1.29 is 14.4 Å². The van der Waals surface area contributed by atoms with Crippen LogP contribution in [0.1, 0.15) is 0 Å². The molecule has 150 valence electrons. The predicted molar refractivity (Wildman–Crippen MR) is 117 cm³/mol. The number of hydrogen-bond acceptors (Lipinski definition) is 4. The molecule has 1 aliphatic heterocycles. The Kier molecular flexibility index (Phi) is 8.03. The van der Waals surface area contributed by atoms with E-state index in [-0.39, 0.29) is 5.91 Å². The van der Waals surface area contributed by atoms with Crippen molar-refractivity contribution in [3.63, 3.8) is 0 Å². The number of nitrogens with one attached hydrogen (secondary N) is 2. The monoisotopic (exact) mass is 420 g/mol. The minimum atomic E-state index is 0.0353. The van der Waals surface area contributed by atoms with Gasteiger partial charge in [0.15, 0.2) is 6.54 Å². The van der Waals surface area contributed by atoms with Gasteiger partial charge < -0.3 is 19.9 Å². The Hall–Kier alpha value is -1.73. The smallest absolute Gasteiger partial charge is 0.279 e. The summed E-state index contributed by atoms with van der Waals surface area (Å²) in [6.45, 7) is 4.72. The fraction of sp³-hybridized carbons (Fsp3) is 0.381. The quantitative estimate of drug-likeness (QED) is 0.644. The van der Waals surface area contributed by atoms with Crippen molar-refractivity contribution in [2.24, 2.45) is 0 Å². The van der Waals surface area contributed by atoms with Crippen molar-refractivity contribution in [3.05, 3.63) is 53.6 Å². The highest BCUT2D eigenvalue weighted by atomic mass is 35.5. The van der Waals surface area contributed by atoms with Crippen molar-refractivity contribution in [3.8, 4) is 0 Å². The van der Waals surface area contributed by atoms with E-state index in [0.717, 1.165) is 49.3 Å². The molecule has 0 spiro atoms. The first kappa shape index (κ1) is 21.0. The van der Waals surface area contributed by atoms with Crippen LogP contribution in [-0.2, 0) is 9.53 Å². The molecule has 1 atom stereocenters. The number of quaternary nitrogens is 1. The number of amides is 1. The van der Waals surface area contributed by atoms with Crippen molar-refractivity contribution >= 4 is 40.6 Å². The van der Waals surface area contributed by atoms with Crippen molar-refractivity contribution in [2.75, 3.05) is 62.4 Å². The first-order valence-corrected chi connectivity index (χ1v) is 10.9. The molecule has 28 heavy (non-hydrogen) atoms. The number of carbonyl (C=O) groups is 1. The first-order valence-electron chi connectivity index (χ1n) is 9.52. The number of anilines is 2. The molecule has 1 heterocycles. The molecule has 0 radical (unpaired) electrons. The van der Waals surface area contributed by atoms with Gasteiger partial charge >= 0.3 is 0 Å². The summed E-state index contributed by atoms with van der Waals surface area (Å²) in [7, 11) is 2.05. The van der Waals surface area contributed by atoms with E-state index in [1.165, 1.54) is 15.5 Å². The maximum absolute atomic E-state index is 12.3. The molecule has 1 aliphatic rings. The van der Waals surface area contributed by atoms with E-state index in [2.05, 4.69) is 22.3 Å². The maximum atomic E-state index is 12.3. The molecule has 1 amide bonds. The molecule has 0 bridgehead atoms. The van der Waals surface area contributed by atoms with Crippen molar-refractivity contribution in [1.29, 1.82) is 0 Å². The van der Waals surface area contributed by atoms with Crippen LogP contribution in [0.5, 0.6) is 0 Å². The minimum Gasteiger partial charge on any atom is -0.378 e. The van der Waals surface area contributed by atoms with Crippen LogP contribution < -0.4 is 15.1 Å². The number of rotatable bonds is 8. The average Bonchev–Trinajstić information content (AvgIpc) is 2.70. The summed E-state index contributed by atoms with van der Waals surface area (Å²) in [5.74, 6) is 0.989. The van der Waals surface area contributed by atoms with E-state index in [4.69, 9.17) is 16.3 Å². The molecule has 2 aromatic carbocycles. The van der Waals surface area contributed by atoms with Gasteiger partial charge in [0.2, 0.25) is 0 Å². The maximum Gasteiger partial charge on any atom is 0.279 e. The molecule has 5 nitrogen and oxygen atoms in total. The number of carbonyl (C=O) groups excluding carboxylic acids is 1. The van der Waals surface area contributed by atoms with E-state index in [1.54, 1.807) is 11.8 Å². The second-order valence-corrected chi connectivity index (χ2v) is 8.49. The predicted octanol–water partition coefficient (Wildman–Crippen LogP) is 2.42. The summed E-state index contributed by atoms with van der Waals surface area (Å²) in [6.07, 6.45) is 0. The molecular formula is C21H27ClN3O2S+. The Morgan fingerprint density at radius 2 is 1.82 bits per heavy atom. The summed E-state index contributed by atoms with van der Waals surface area (Å²) in [5.41, 5.74) is 2.01. The van der Waals surface area contributed by atoms with Crippen LogP contribution in [-0.4, -0.2) is 58.1 Å². The Morgan fingerprint density at radius 1 is 1.14 bits per heavy atom. The van der Waals surface area contributed by atoms with Gasteiger partial charge in [0.05, 0.1) is 26.8 Å². The van der Waals surface area contributed by atoms with Crippen LogP contribution in [0.25, 0.3) is 0 Å². The molecule has 0 saturated carbocycles. The van der Waals surface area contributed by atoms with E-state index in [1.807, 2.05) is 43.4 Å². The summed E-state index contributed by atoms with van der Waals surface area (Å²) in [5, 5.41) is 3.74. The van der Waals surface area contributed by atoms with E-state index in [9.17, 15) is 4.79 Å². The third kappa shape index (κ3) is 6.71. The largest absolute Gasteiger partial charge is 0.378 e. The molecule has 1 fully saturated rings. The van der Waals surface area contributed by atoms with Gasteiger partial charge in [-0.3, -0.25) is 4.79 Å². The van der Waals surface area contributed by atoms with Crippen LogP contribution in [0.4, 0.5) is 11.4 Å². The second-order valence-electron chi connectivity index (χ2n) is 6.88. The summed E-state index contributed by atoms with van der Waals surface area (Å²) in [4.78, 5) is 17.0. The van der Waals surface area contributed by atoms with Gasteiger partial charge in [0, 0.05) is 40.1 Å². The third-order valence-corrected chi connectivity index (χ3v) is 5.87. The standard InChI is InChI=1S/C21H26ClN3O2S/c1-24(12-15-28-20-8-2-17(22)3-9-20)16-21(26)23-18-4-6-19(7-5-18)25-10-13-27-14-11-25/h2-9H,10-16H2,1H3,(H,23,26)/p+1. The van der Waals surface area contributed by atoms with Gasteiger partial charge in [-0.25, -0.2) is 0 Å². The number of hydrogen-bond donors (Lipinski definition) is 2. The lowest BCUT2D eigenvalue weighted by atomic mass is 10.2. The molecular weight excluding hydrogens is 394 g/mol. The molecule has 2 aromatic rings. The minimum absolute atomic E-state index is 0.0353. The van der Waals surface area contributed by atoms with Gasteiger partial charge in [0.1, 0.15) is 0 Å². The molecule has 2 N–H and O–H groups in total. The van der Waals surface area contributed by atoms with Gasteiger partial charge in [-0.15, -0.1) is 11.8 Å². The number of nitrogens with zero attached hydrogens (tertiary/aromatic N) is 1. The fourth-order valence-electron chi connectivity index (χ4n) is 3.02. The van der Waals surface area contributed by atoms with E-state index < -0.39 is 0 Å². The number of morpholine rings is 1. The second kappa shape index (κ2) is 10.7. The lowest BCUT2D eigenvalue weighted by Gasteiger charge is -2.28. The Bertz CT molecular complexity index is 749. The average molecular weight is 421 g/mol. The van der Waals surface area contributed by atoms with E-state index in [0.29, 0.717) is 6.54 Å². The molecule has 3 rings (SSSR count). The first-order chi connectivity index (χ1) is 13.6. The van der Waals surface area contributed by atoms with Crippen LogP contribution in [0, 0.1) is 0 Å². The van der Waals surface area contributed by atoms with Crippen LogP contribution >= 0.6 is 23.4 Å². The molecule has 7 heteroatoms. The zero-order chi connectivity index (χ0) is 19.8.